The van der Waals surface area contributed by atoms with Crippen molar-refractivity contribution in [3.63, 3.8) is 0 Å². The van der Waals surface area contributed by atoms with Crippen LogP contribution in [0, 0.1) is 5.82 Å². The van der Waals surface area contributed by atoms with Crippen molar-refractivity contribution in [3.05, 3.63) is 82.0 Å². The number of halogens is 1. The molecule has 132 valence electrons. The molecular formula is C20H16FNO4. The molecule has 0 bridgehead atoms. The van der Waals surface area contributed by atoms with Gasteiger partial charge in [-0.25, -0.2) is 4.39 Å². The molecule has 3 aromatic rings. The minimum Gasteiger partial charge on any atom is -0.497 e. The van der Waals surface area contributed by atoms with Crippen molar-refractivity contribution >= 4 is 23.0 Å². The Morgan fingerprint density at radius 2 is 2.12 bits per heavy atom. The average molecular weight is 353 g/mol. The second kappa shape index (κ2) is 7.65. The van der Waals surface area contributed by atoms with Crippen LogP contribution in [0.3, 0.4) is 0 Å². The van der Waals surface area contributed by atoms with Crippen molar-refractivity contribution in [2.45, 2.75) is 6.54 Å². The molecule has 0 saturated carbocycles. The summed E-state index contributed by atoms with van der Waals surface area (Å²) in [4.78, 5) is 24.3. The Morgan fingerprint density at radius 3 is 2.88 bits per heavy atom. The van der Waals surface area contributed by atoms with Gasteiger partial charge >= 0.3 is 0 Å². The minimum absolute atomic E-state index is 0.188. The Kier molecular flexibility index (Phi) is 5.12. The van der Waals surface area contributed by atoms with E-state index in [0.29, 0.717) is 22.3 Å². The zero-order valence-corrected chi connectivity index (χ0v) is 14.0. The molecule has 0 unspecified atom stereocenters. The van der Waals surface area contributed by atoms with Gasteiger partial charge in [-0.2, -0.15) is 0 Å². The maximum absolute atomic E-state index is 13.1. The number of hydrogen-bond donors (Lipinski definition) is 1. The van der Waals surface area contributed by atoms with E-state index in [2.05, 4.69) is 5.32 Å². The number of methoxy groups -OCH3 is 1. The van der Waals surface area contributed by atoms with Crippen LogP contribution in [0.4, 0.5) is 4.39 Å². The normalized spacial score (nSPS) is 11.0. The lowest BCUT2D eigenvalue weighted by atomic mass is 10.1. The smallest absolute Gasteiger partial charge is 0.244 e. The first-order valence-corrected chi connectivity index (χ1v) is 7.87. The molecule has 3 rings (SSSR count). The van der Waals surface area contributed by atoms with Gasteiger partial charge in [0.05, 0.1) is 18.1 Å². The number of rotatable bonds is 5. The largest absolute Gasteiger partial charge is 0.497 e. The van der Waals surface area contributed by atoms with Crippen LogP contribution in [0.1, 0.15) is 11.1 Å². The highest BCUT2D eigenvalue weighted by Gasteiger charge is 2.07. The highest BCUT2D eigenvalue weighted by atomic mass is 19.1. The Balaban J connectivity index is 1.72. The Hall–Kier alpha value is -3.41. The van der Waals surface area contributed by atoms with Crippen LogP contribution in [0.2, 0.25) is 0 Å². The summed E-state index contributed by atoms with van der Waals surface area (Å²) in [7, 11) is 1.53. The summed E-state index contributed by atoms with van der Waals surface area (Å²) in [5, 5.41) is 3.02. The first-order valence-electron chi connectivity index (χ1n) is 7.87. The third-order valence-electron chi connectivity index (χ3n) is 3.78. The van der Waals surface area contributed by atoms with Gasteiger partial charge in [-0.15, -0.1) is 0 Å². The van der Waals surface area contributed by atoms with Gasteiger partial charge in [-0.3, -0.25) is 9.59 Å². The first-order chi connectivity index (χ1) is 12.6. The fraction of sp³-hybridized carbons (Fsp3) is 0.100. The maximum atomic E-state index is 13.1. The van der Waals surface area contributed by atoms with Crippen molar-refractivity contribution in [1.82, 2.24) is 5.32 Å². The SMILES string of the molecule is COc1ccc2c(=O)c(/C=C/C(=O)NCc3cccc(F)c3)coc2c1. The molecule has 1 amide bonds. The van der Waals surface area contributed by atoms with E-state index in [1.54, 1.807) is 30.3 Å². The fourth-order valence-electron chi connectivity index (χ4n) is 2.43. The standard InChI is InChI=1S/C20H16FNO4/c1-25-16-6-7-17-18(10-16)26-12-14(20(17)24)5-8-19(23)22-11-13-3-2-4-15(21)9-13/h2-10,12H,11H2,1H3,(H,22,23)/b8-5+. The van der Waals surface area contributed by atoms with Crippen LogP contribution < -0.4 is 15.5 Å². The summed E-state index contributed by atoms with van der Waals surface area (Å²) in [6, 6.07) is 10.9. The van der Waals surface area contributed by atoms with Crippen molar-refractivity contribution in [1.29, 1.82) is 0 Å². The van der Waals surface area contributed by atoms with Crippen LogP contribution in [-0.4, -0.2) is 13.0 Å². The van der Waals surface area contributed by atoms with Gasteiger partial charge in [-0.1, -0.05) is 12.1 Å². The van der Waals surface area contributed by atoms with Gasteiger partial charge in [0.1, 0.15) is 23.4 Å². The van der Waals surface area contributed by atoms with Crippen LogP contribution in [0.15, 0.2) is 64.0 Å². The molecule has 0 aliphatic carbocycles. The number of ether oxygens (including phenoxy) is 1. The summed E-state index contributed by atoms with van der Waals surface area (Å²) in [6.45, 7) is 0.188. The molecule has 1 aromatic heterocycles. The van der Waals surface area contributed by atoms with E-state index < -0.39 is 5.91 Å². The summed E-state index contributed by atoms with van der Waals surface area (Å²) in [6.07, 6.45) is 3.91. The molecule has 0 saturated heterocycles. The van der Waals surface area contributed by atoms with Crippen LogP contribution in [0.5, 0.6) is 5.75 Å². The molecular weight excluding hydrogens is 337 g/mol. The molecule has 0 aliphatic heterocycles. The van der Waals surface area contributed by atoms with Crippen molar-refractivity contribution in [2.24, 2.45) is 0 Å². The van der Waals surface area contributed by atoms with Gasteiger partial charge in [-0.05, 0) is 35.9 Å². The van der Waals surface area contributed by atoms with E-state index in [-0.39, 0.29) is 23.4 Å². The van der Waals surface area contributed by atoms with E-state index in [0.717, 1.165) is 0 Å². The molecule has 0 fully saturated rings. The lowest BCUT2D eigenvalue weighted by Gasteiger charge is -2.03. The van der Waals surface area contributed by atoms with Gasteiger partial charge in [0.2, 0.25) is 5.91 Å². The monoisotopic (exact) mass is 353 g/mol. The molecule has 26 heavy (non-hydrogen) atoms. The summed E-state index contributed by atoms with van der Waals surface area (Å²) < 4.78 is 23.6. The van der Waals surface area contributed by atoms with E-state index in [1.165, 1.54) is 37.7 Å². The van der Waals surface area contributed by atoms with E-state index in [1.807, 2.05) is 0 Å². The number of carbonyl (C=O) groups excluding carboxylic acids is 1. The zero-order valence-electron chi connectivity index (χ0n) is 14.0. The van der Waals surface area contributed by atoms with Crippen molar-refractivity contribution < 1.29 is 18.3 Å². The summed E-state index contributed by atoms with van der Waals surface area (Å²) >= 11 is 0. The highest BCUT2D eigenvalue weighted by molar-refractivity contribution is 5.92. The van der Waals surface area contributed by atoms with Crippen LogP contribution in [0.25, 0.3) is 17.0 Å². The molecule has 6 heteroatoms. The molecule has 0 aliphatic rings. The second-order valence-corrected chi connectivity index (χ2v) is 5.56. The Bertz CT molecular complexity index is 1040. The number of benzene rings is 2. The molecule has 0 spiro atoms. The molecule has 0 radical (unpaired) electrons. The zero-order chi connectivity index (χ0) is 18.5. The summed E-state index contributed by atoms with van der Waals surface area (Å²) in [5.74, 6) is -0.179. The van der Waals surface area contributed by atoms with Gasteiger partial charge < -0.3 is 14.5 Å². The maximum Gasteiger partial charge on any atom is 0.244 e. The molecule has 1 heterocycles. The lowest BCUT2D eigenvalue weighted by Crippen LogP contribution is -2.20. The van der Waals surface area contributed by atoms with E-state index in [4.69, 9.17) is 9.15 Å². The predicted octanol–water partition coefficient (Wildman–Crippen LogP) is 3.27. The quantitative estimate of drug-likeness (QED) is 0.715. The fourth-order valence-corrected chi connectivity index (χ4v) is 2.43. The molecule has 2 aromatic carbocycles. The Labute approximate surface area is 148 Å². The minimum atomic E-state index is -0.400. The number of fused-ring (bicyclic) bond motifs is 1. The van der Waals surface area contributed by atoms with E-state index >= 15 is 0 Å². The van der Waals surface area contributed by atoms with Crippen LogP contribution in [-0.2, 0) is 11.3 Å². The number of nitrogens with one attached hydrogen (secondary N) is 1. The average Bonchev–Trinajstić information content (AvgIpc) is 2.65. The Morgan fingerprint density at radius 1 is 1.27 bits per heavy atom. The highest BCUT2D eigenvalue weighted by Crippen LogP contribution is 2.19. The summed E-state index contributed by atoms with van der Waals surface area (Å²) in [5.41, 5.74) is 1.06. The van der Waals surface area contributed by atoms with E-state index in [9.17, 15) is 14.0 Å². The molecule has 1 N–H and O–H groups in total. The lowest BCUT2D eigenvalue weighted by molar-refractivity contribution is -0.116. The second-order valence-electron chi connectivity index (χ2n) is 5.56. The third-order valence-corrected chi connectivity index (χ3v) is 3.78. The van der Waals surface area contributed by atoms with Gasteiger partial charge in [0.25, 0.3) is 0 Å². The van der Waals surface area contributed by atoms with Crippen LogP contribution >= 0.6 is 0 Å². The predicted molar refractivity (Wildman–Crippen MR) is 96.3 cm³/mol. The first kappa shape index (κ1) is 17.4. The van der Waals surface area contributed by atoms with Gasteiger partial charge in [0, 0.05) is 18.7 Å². The molecule has 5 nitrogen and oxygen atoms in total. The number of hydrogen-bond acceptors (Lipinski definition) is 4. The topological polar surface area (TPSA) is 68.5 Å². The molecule has 0 atom stereocenters. The van der Waals surface area contributed by atoms with Gasteiger partial charge in [0.15, 0.2) is 5.43 Å². The van der Waals surface area contributed by atoms with Crippen molar-refractivity contribution in [3.8, 4) is 5.75 Å². The number of amides is 1. The number of carbonyl (C=O) groups is 1. The third kappa shape index (κ3) is 3.97. The van der Waals surface area contributed by atoms with Crippen molar-refractivity contribution in [2.75, 3.05) is 7.11 Å².